The molecule has 2 fully saturated rings. The van der Waals surface area contributed by atoms with Gasteiger partial charge in [0.15, 0.2) is 0 Å². The lowest BCUT2D eigenvalue weighted by molar-refractivity contribution is 0.246. The van der Waals surface area contributed by atoms with Crippen LogP contribution in [-0.4, -0.2) is 22.4 Å². The van der Waals surface area contributed by atoms with Gasteiger partial charge in [-0.05, 0) is 63.0 Å². The van der Waals surface area contributed by atoms with Crippen molar-refractivity contribution in [2.45, 2.75) is 71.9 Å². The highest BCUT2D eigenvalue weighted by Crippen LogP contribution is 2.49. The van der Waals surface area contributed by atoms with E-state index in [0.717, 1.165) is 43.7 Å². The van der Waals surface area contributed by atoms with Gasteiger partial charge >= 0.3 is 0 Å². The van der Waals surface area contributed by atoms with Crippen molar-refractivity contribution in [2.24, 2.45) is 17.8 Å². The van der Waals surface area contributed by atoms with E-state index in [1.54, 1.807) is 0 Å². The number of fused-ring (bicyclic) bond motifs is 2. The molecule has 0 spiro atoms. The van der Waals surface area contributed by atoms with Crippen molar-refractivity contribution < 1.29 is 0 Å². The minimum absolute atomic E-state index is 0.650. The van der Waals surface area contributed by atoms with E-state index in [1.165, 1.54) is 37.1 Å². The van der Waals surface area contributed by atoms with E-state index in [0.29, 0.717) is 6.04 Å². The minimum Gasteiger partial charge on any atom is -0.314 e. The first-order valence-electron chi connectivity index (χ1n) is 9.04. The summed E-state index contributed by atoms with van der Waals surface area (Å²) < 4.78 is 2.22. The van der Waals surface area contributed by atoms with E-state index >= 15 is 0 Å². The minimum atomic E-state index is 0.650. The highest BCUT2D eigenvalue weighted by molar-refractivity contribution is 5.13. The maximum atomic E-state index is 4.72. The van der Waals surface area contributed by atoms with Gasteiger partial charge in [-0.2, -0.15) is 5.10 Å². The van der Waals surface area contributed by atoms with Crippen molar-refractivity contribution in [2.75, 3.05) is 6.54 Å². The van der Waals surface area contributed by atoms with Crippen LogP contribution in [0.25, 0.3) is 0 Å². The molecule has 2 aliphatic carbocycles. The predicted molar refractivity (Wildman–Crippen MR) is 87.4 cm³/mol. The molecule has 4 unspecified atom stereocenters. The van der Waals surface area contributed by atoms with Gasteiger partial charge < -0.3 is 5.32 Å². The molecule has 0 amide bonds. The molecule has 2 aliphatic rings. The maximum Gasteiger partial charge on any atom is 0.0624 e. The van der Waals surface area contributed by atoms with Crippen molar-refractivity contribution in [3.05, 3.63) is 17.5 Å². The summed E-state index contributed by atoms with van der Waals surface area (Å²) in [7, 11) is 0. The second-order valence-corrected chi connectivity index (χ2v) is 7.00. The molecule has 2 bridgehead atoms. The molecule has 3 nitrogen and oxygen atoms in total. The standard InChI is InChI=1S/C18H31N3/c1-4-15-11-16(21(6-3)20-15)12-18(19-5-2)17-10-13-7-8-14(17)9-13/h11,13-14,17-19H,4-10,12H2,1-3H3. The Kier molecular flexibility index (Phi) is 4.68. The fraction of sp³-hybridized carbons (Fsp3) is 0.833. The van der Waals surface area contributed by atoms with E-state index in [9.17, 15) is 0 Å². The van der Waals surface area contributed by atoms with Crippen LogP contribution in [0.1, 0.15) is 57.8 Å². The number of aromatic nitrogens is 2. The first-order valence-corrected chi connectivity index (χ1v) is 9.04. The normalized spacial score (nSPS) is 29.2. The molecule has 1 heterocycles. The summed E-state index contributed by atoms with van der Waals surface area (Å²) in [5, 5.41) is 8.52. The number of likely N-dealkylation sites (N-methyl/N-ethyl adjacent to an activating group) is 1. The number of rotatable bonds is 7. The zero-order valence-electron chi connectivity index (χ0n) is 13.9. The van der Waals surface area contributed by atoms with E-state index in [-0.39, 0.29) is 0 Å². The quantitative estimate of drug-likeness (QED) is 0.833. The van der Waals surface area contributed by atoms with E-state index in [4.69, 9.17) is 5.10 Å². The van der Waals surface area contributed by atoms with Gasteiger partial charge in [0.05, 0.1) is 5.69 Å². The molecule has 3 rings (SSSR count). The Balaban J connectivity index is 1.74. The van der Waals surface area contributed by atoms with Crippen LogP contribution < -0.4 is 5.32 Å². The molecule has 2 saturated carbocycles. The van der Waals surface area contributed by atoms with Gasteiger partial charge in [-0.3, -0.25) is 4.68 Å². The van der Waals surface area contributed by atoms with E-state index in [1.807, 2.05) is 0 Å². The number of aryl methyl sites for hydroxylation is 2. The highest BCUT2D eigenvalue weighted by Gasteiger charge is 2.42. The Bertz CT molecular complexity index is 465. The molecule has 21 heavy (non-hydrogen) atoms. The topological polar surface area (TPSA) is 29.9 Å². The molecule has 1 N–H and O–H groups in total. The van der Waals surface area contributed by atoms with Gasteiger partial charge in [0.1, 0.15) is 0 Å². The molecular formula is C18H31N3. The summed E-state index contributed by atoms with van der Waals surface area (Å²) in [6.07, 6.45) is 8.13. The largest absolute Gasteiger partial charge is 0.314 e. The molecule has 1 aromatic heterocycles. The lowest BCUT2D eigenvalue weighted by Crippen LogP contribution is -2.40. The lowest BCUT2D eigenvalue weighted by Gasteiger charge is -2.31. The van der Waals surface area contributed by atoms with E-state index < -0.39 is 0 Å². The Morgan fingerprint density at radius 1 is 1.29 bits per heavy atom. The second-order valence-electron chi connectivity index (χ2n) is 7.00. The average molecular weight is 289 g/mol. The Morgan fingerprint density at radius 2 is 2.14 bits per heavy atom. The monoisotopic (exact) mass is 289 g/mol. The van der Waals surface area contributed by atoms with Gasteiger partial charge in [0, 0.05) is 24.7 Å². The fourth-order valence-corrected chi connectivity index (χ4v) is 4.77. The van der Waals surface area contributed by atoms with Crippen molar-refractivity contribution in [3.8, 4) is 0 Å². The molecular weight excluding hydrogens is 258 g/mol. The number of hydrogen-bond acceptors (Lipinski definition) is 2. The fourth-order valence-electron chi connectivity index (χ4n) is 4.77. The second kappa shape index (κ2) is 6.51. The summed E-state index contributed by atoms with van der Waals surface area (Å²) >= 11 is 0. The van der Waals surface area contributed by atoms with Gasteiger partial charge in [-0.25, -0.2) is 0 Å². The predicted octanol–water partition coefficient (Wildman–Crippen LogP) is 3.42. The smallest absolute Gasteiger partial charge is 0.0624 e. The number of nitrogens with zero attached hydrogens (tertiary/aromatic N) is 2. The highest BCUT2D eigenvalue weighted by atomic mass is 15.3. The van der Waals surface area contributed by atoms with Crippen LogP contribution in [-0.2, 0) is 19.4 Å². The summed E-state index contributed by atoms with van der Waals surface area (Å²) in [6, 6.07) is 2.98. The molecule has 0 aromatic carbocycles. The van der Waals surface area contributed by atoms with Crippen molar-refractivity contribution >= 4 is 0 Å². The third-order valence-electron chi connectivity index (χ3n) is 5.78. The first kappa shape index (κ1) is 15.1. The van der Waals surface area contributed by atoms with Crippen molar-refractivity contribution in [1.82, 2.24) is 15.1 Å². The first-order chi connectivity index (χ1) is 10.2. The van der Waals surface area contributed by atoms with Crippen LogP contribution >= 0.6 is 0 Å². The molecule has 1 aromatic rings. The Labute approximate surface area is 129 Å². The molecule has 3 heteroatoms. The van der Waals surface area contributed by atoms with Crippen LogP contribution in [0.5, 0.6) is 0 Å². The third-order valence-corrected chi connectivity index (χ3v) is 5.78. The lowest BCUT2D eigenvalue weighted by atomic mass is 9.81. The van der Waals surface area contributed by atoms with Crippen LogP contribution in [0, 0.1) is 17.8 Å². The maximum absolute atomic E-state index is 4.72. The molecule has 0 aliphatic heterocycles. The number of hydrogen-bond donors (Lipinski definition) is 1. The Hall–Kier alpha value is -0.830. The van der Waals surface area contributed by atoms with Gasteiger partial charge in [-0.1, -0.05) is 20.3 Å². The zero-order valence-corrected chi connectivity index (χ0v) is 13.9. The zero-order chi connectivity index (χ0) is 14.8. The van der Waals surface area contributed by atoms with Gasteiger partial charge in [0.25, 0.3) is 0 Å². The Morgan fingerprint density at radius 3 is 2.71 bits per heavy atom. The summed E-state index contributed by atoms with van der Waals surface area (Å²) in [4.78, 5) is 0. The van der Waals surface area contributed by atoms with Crippen LogP contribution in [0.4, 0.5) is 0 Å². The molecule has 4 atom stereocenters. The van der Waals surface area contributed by atoms with Crippen LogP contribution in [0.3, 0.4) is 0 Å². The third kappa shape index (κ3) is 3.03. The van der Waals surface area contributed by atoms with Crippen LogP contribution in [0.2, 0.25) is 0 Å². The SMILES string of the molecule is CCNC(Cc1cc(CC)nn1CC)C1CC2CCC1C2. The van der Waals surface area contributed by atoms with Crippen LogP contribution in [0.15, 0.2) is 6.07 Å². The summed E-state index contributed by atoms with van der Waals surface area (Å²) in [6.45, 7) is 8.72. The molecule has 118 valence electrons. The number of nitrogens with one attached hydrogen (secondary N) is 1. The van der Waals surface area contributed by atoms with Gasteiger partial charge in [-0.15, -0.1) is 0 Å². The summed E-state index contributed by atoms with van der Waals surface area (Å²) in [5.41, 5.74) is 2.68. The van der Waals surface area contributed by atoms with E-state index in [2.05, 4.69) is 36.8 Å². The summed E-state index contributed by atoms with van der Waals surface area (Å²) in [5.74, 6) is 2.92. The van der Waals surface area contributed by atoms with Gasteiger partial charge in [0.2, 0.25) is 0 Å². The van der Waals surface area contributed by atoms with Crippen molar-refractivity contribution in [1.29, 1.82) is 0 Å². The molecule has 0 radical (unpaired) electrons. The average Bonchev–Trinajstić information content (AvgIpc) is 3.21. The van der Waals surface area contributed by atoms with Crippen molar-refractivity contribution in [3.63, 3.8) is 0 Å². The molecule has 0 saturated heterocycles.